The Morgan fingerprint density at radius 3 is 2.91 bits per heavy atom. The van der Waals surface area contributed by atoms with Gasteiger partial charge in [0.1, 0.15) is 5.82 Å². The fourth-order valence-corrected chi connectivity index (χ4v) is 5.04. The zero-order chi connectivity index (χ0) is 23.8. The van der Waals surface area contributed by atoms with Crippen LogP contribution in [-0.4, -0.2) is 38.8 Å². The van der Waals surface area contributed by atoms with E-state index in [9.17, 15) is 9.18 Å². The monoisotopic (exact) mass is 527 g/mol. The quantitative estimate of drug-likeness (QED) is 0.383. The lowest BCUT2D eigenvalue weighted by atomic mass is 9.88. The van der Waals surface area contributed by atoms with E-state index >= 15 is 0 Å². The number of nitrogens with two attached hydrogens (primary N) is 1. The summed E-state index contributed by atoms with van der Waals surface area (Å²) in [6, 6.07) is 4.69. The van der Waals surface area contributed by atoms with E-state index in [0.717, 1.165) is 12.0 Å². The number of allylic oxidation sites excluding steroid dienone is 1. The van der Waals surface area contributed by atoms with Crippen LogP contribution in [0, 0.1) is 23.6 Å². The van der Waals surface area contributed by atoms with Crippen molar-refractivity contribution in [2.75, 3.05) is 17.7 Å². The molecule has 0 aliphatic heterocycles. The molecule has 2 heterocycles. The number of hydrogen-bond donors (Lipinski definition) is 3. The van der Waals surface area contributed by atoms with E-state index in [2.05, 4.69) is 53.8 Å². The van der Waals surface area contributed by atoms with Crippen molar-refractivity contribution in [3.8, 4) is 5.75 Å². The molecule has 3 aromatic rings. The Bertz CT molecular complexity index is 1260. The molecule has 11 heteroatoms. The van der Waals surface area contributed by atoms with Gasteiger partial charge in [0.25, 0.3) is 0 Å². The summed E-state index contributed by atoms with van der Waals surface area (Å²) in [7, 11) is 1.43. The van der Waals surface area contributed by atoms with Gasteiger partial charge in [0, 0.05) is 18.4 Å². The Kier molecular flexibility index (Phi) is 5.94. The number of hydrogen-bond acceptors (Lipinski definition) is 7. The third-order valence-corrected chi connectivity index (χ3v) is 6.87. The number of halogens is 2. The van der Waals surface area contributed by atoms with Crippen LogP contribution >= 0.6 is 15.9 Å². The molecule has 1 saturated carbocycles. The Balaban J connectivity index is 1.28. The van der Waals surface area contributed by atoms with Crippen molar-refractivity contribution in [1.82, 2.24) is 19.7 Å². The van der Waals surface area contributed by atoms with Crippen LogP contribution in [0.25, 0.3) is 0 Å². The van der Waals surface area contributed by atoms with Crippen LogP contribution in [0.2, 0.25) is 0 Å². The van der Waals surface area contributed by atoms with Crippen molar-refractivity contribution in [3.05, 3.63) is 64.8 Å². The molecule has 0 unspecified atom stereocenters. The van der Waals surface area contributed by atoms with Crippen LogP contribution in [0.1, 0.15) is 12.0 Å². The molecule has 2 aliphatic carbocycles. The van der Waals surface area contributed by atoms with Gasteiger partial charge in [-0.2, -0.15) is 10.1 Å². The molecule has 176 valence electrons. The summed E-state index contributed by atoms with van der Waals surface area (Å²) in [5.74, 6) is 0.567. The summed E-state index contributed by atoms with van der Waals surface area (Å²) >= 11 is 3.48. The van der Waals surface area contributed by atoms with Crippen molar-refractivity contribution in [1.29, 1.82) is 0 Å². The van der Waals surface area contributed by atoms with Crippen LogP contribution in [-0.2, 0) is 11.3 Å². The summed E-state index contributed by atoms with van der Waals surface area (Å²) in [4.78, 5) is 20.9. The predicted molar refractivity (Wildman–Crippen MR) is 128 cm³/mol. The number of fused-ring (bicyclic) bond motifs is 2. The maximum absolute atomic E-state index is 14.0. The minimum absolute atomic E-state index is 0.112. The third kappa shape index (κ3) is 4.35. The van der Waals surface area contributed by atoms with Gasteiger partial charge in [-0.25, -0.2) is 9.37 Å². The highest BCUT2D eigenvalue weighted by Gasteiger charge is 2.47. The number of benzene rings is 1. The number of rotatable bonds is 8. The van der Waals surface area contributed by atoms with Gasteiger partial charge in [-0.05, 0) is 51.9 Å². The number of anilines is 3. The summed E-state index contributed by atoms with van der Waals surface area (Å²) in [6.45, 7) is 0.392. The second-order valence-electron chi connectivity index (χ2n) is 8.46. The Labute approximate surface area is 203 Å². The highest BCUT2D eigenvalue weighted by Crippen LogP contribution is 2.45. The van der Waals surface area contributed by atoms with Gasteiger partial charge in [-0.1, -0.05) is 18.2 Å². The summed E-state index contributed by atoms with van der Waals surface area (Å²) in [6.07, 6.45) is 10.2. The zero-order valence-electron chi connectivity index (χ0n) is 18.3. The first-order valence-corrected chi connectivity index (χ1v) is 11.6. The number of aromatic nitrogens is 4. The molecule has 0 saturated heterocycles. The van der Waals surface area contributed by atoms with Crippen molar-refractivity contribution in [2.45, 2.75) is 19.0 Å². The molecule has 4 atom stereocenters. The third-order valence-electron chi connectivity index (χ3n) is 6.29. The summed E-state index contributed by atoms with van der Waals surface area (Å²) in [5.41, 5.74) is 7.11. The van der Waals surface area contributed by atoms with E-state index in [1.54, 1.807) is 35.4 Å². The molecule has 0 spiro atoms. The molecule has 5 rings (SSSR count). The van der Waals surface area contributed by atoms with E-state index in [1.165, 1.54) is 13.2 Å². The SMILES string of the molecule is COc1ccc(Cn2cc(Nc3ncc(Br)c(N[C@H]4[C@@H](C(N)=O)[C@H]5C=C[C@H]4C5)n3)cn2)cc1F. The summed E-state index contributed by atoms with van der Waals surface area (Å²) in [5, 5.41) is 10.8. The number of nitrogens with one attached hydrogen (secondary N) is 2. The van der Waals surface area contributed by atoms with Gasteiger partial charge in [0.15, 0.2) is 11.6 Å². The molecule has 1 fully saturated rings. The number of primary amides is 1. The lowest BCUT2D eigenvalue weighted by Crippen LogP contribution is -2.41. The first kappa shape index (κ1) is 22.3. The lowest BCUT2D eigenvalue weighted by Gasteiger charge is -2.27. The number of amides is 1. The molecule has 34 heavy (non-hydrogen) atoms. The molecule has 9 nitrogen and oxygen atoms in total. The average Bonchev–Trinajstić information content (AvgIpc) is 3.53. The summed E-state index contributed by atoms with van der Waals surface area (Å²) < 4.78 is 21.3. The van der Waals surface area contributed by atoms with Gasteiger partial charge >= 0.3 is 0 Å². The second-order valence-corrected chi connectivity index (χ2v) is 9.31. The predicted octanol–water partition coefficient (Wildman–Crippen LogP) is 3.46. The Hall–Kier alpha value is -3.47. The molecule has 1 aromatic carbocycles. The van der Waals surface area contributed by atoms with Crippen LogP contribution in [0.15, 0.2) is 53.4 Å². The van der Waals surface area contributed by atoms with E-state index in [4.69, 9.17) is 10.5 Å². The standard InChI is InChI=1S/C23H23BrFN7O2/c1-34-18-5-2-12(6-17(18)25)10-32-11-15(8-28-32)29-23-27-9-16(24)22(31-23)30-20-14-4-3-13(7-14)19(20)21(26)33/h2-6,8-9,11,13-14,19-20H,7,10H2,1H3,(H2,26,33)(H2,27,29,30,31)/t13-,14-,19-,20+/m0/s1. The van der Waals surface area contributed by atoms with Crippen LogP contribution in [0.5, 0.6) is 5.75 Å². The molecule has 0 radical (unpaired) electrons. The van der Waals surface area contributed by atoms with Crippen LogP contribution in [0.4, 0.5) is 21.8 Å². The molecule has 4 N–H and O–H groups in total. The van der Waals surface area contributed by atoms with Gasteiger partial charge in [-0.3, -0.25) is 9.48 Å². The van der Waals surface area contributed by atoms with Crippen molar-refractivity contribution >= 4 is 39.3 Å². The number of nitrogens with zero attached hydrogens (tertiary/aromatic N) is 4. The highest BCUT2D eigenvalue weighted by atomic mass is 79.9. The van der Waals surface area contributed by atoms with Crippen LogP contribution < -0.4 is 21.1 Å². The molecule has 1 amide bonds. The Morgan fingerprint density at radius 2 is 2.15 bits per heavy atom. The number of methoxy groups -OCH3 is 1. The van der Waals surface area contributed by atoms with Crippen LogP contribution in [0.3, 0.4) is 0 Å². The first-order valence-electron chi connectivity index (χ1n) is 10.8. The zero-order valence-corrected chi connectivity index (χ0v) is 19.9. The highest BCUT2D eigenvalue weighted by molar-refractivity contribution is 9.10. The molecule has 2 aliphatic rings. The maximum Gasteiger partial charge on any atom is 0.229 e. The smallest absolute Gasteiger partial charge is 0.229 e. The van der Waals surface area contributed by atoms with E-state index in [-0.39, 0.29) is 35.5 Å². The number of carbonyl (C=O) groups excluding carboxylic acids is 1. The van der Waals surface area contributed by atoms with Gasteiger partial charge in [0.2, 0.25) is 11.9 Å². The lowest BCUT2D eigenvalue weighted by molar-refractivity contribution is -0.122. The molecule has 2 aromatic heterocycles. The fraction of sp³-hybridized carbons (Fsp3) is 0.304. The first-order chi connectivity index (χ1) is 16.4. The number of ether oxygens (including phenoxy) is 1. The van der Waals surface area contributed by atoms with Gasteiger partial charge in [-0.15, -0.1) is 0 Å². The fourth-order valence-electron chi connectivity index (χ4n) is 4.73. The molecular weight excluding hydrogens is 505 g/mol. The topological polar surface area (TPSA) is 120 Å². The number of carbonyl (C=O) groups is 1. The van der Waals surface area contributed by atoms with Crippen molar-refractivity contribution < 1.29 is 13.9 Å². The van der Waals surface area contributed by atoms with Gasteiger partial charge < -0.3 is 21.1 Å². The molecule has 2 bridgehead atoms. The average molecular weight is 528 g/mol. The molecular formula is C23H23BrFN7O2. The van der Waals surface area contributed by atoms with E-state index in [0.29, 0.717) is 28.5 Å². The largest absolute Gasteiger partial charge is 0.494 e. The maximum atomic E-state index is 14.0. The minimum atomic E-state index is -0.418. The van der Waals surface area contributed by atoms with E-state index < -0.39 is 5.82 Å². The second kappa shape index (κ2) is 9.05. The van der Waals surface area contributed by atoms with Gasteiger partial charge in [0.05, 0.1) is 35.9 Å². The van der Waals surface area contributed by atoms with Crippen molar-refractivity contribution in [3.63, 3.8) is 0 Å². The van der Waals surface area contributed by atoms with E-state index in [1.807, 2.05) is 0 Å². The van der Waals surface area contributed by atoms with Crippen molar-refractivity contribution in [2.24, 2.45) is 23.5 Å². The minimum Gasteiger partial charge on any atom is -0.494 e. The Morgan fingerprint density at radius 1 is 1.32 bits per heavy atom. The normalized spacial score (nSPS) is 22.7.